The van der Waals surface area contributed by atoms with E-state index in [9.17, 15) is 0 Å². The van der Waals surface area contributed by atoms with Gasteiger partial charge in [0.1, 0.15) is 0 Å². The Morgan fingerprint density at radius 2 is 2.45 bits per heavy atom. The van der Waals surface area contributed by atoms with Crippen molar-refractivity contribution in [3.05, 3.63) is 29.0 Å². The van der Waals surface area contributed by atoms with E-state index in [1.807, 2.05) is 13.0 Å². The van der Waals surface area contributed by atoms with E-state index < -0.39 is 0 Å². The SMILES string of the molecule is CC(CN)c1ccncc1Cl. The summed E-state index contributed by atoms with van der Waals surface area (Å²) in [6.07, 6.45) is 3.37. The van der Waals surface area contributed by atoms with Crippen LogP contribution in [-0.2, 0) is 0 Å². The van der Waals surface area contributed by atoms with Crippen molar-refractivity contribution >= 4 is 11.6 Å². The van der Waals surface area contributed by atoms with Gasteiger partial charge in [-0.25, -0.2) is 0 Å². The Morgan fingerprint density at radius 1 is 1.73 bits per heavy atom. The molecular formula is C8H11ClN2. The summed E-state index contributed by atoms with van der Waals surface area (Å²) >= 11 is 5.88. The molecule has 0 spiro atoms. The van der Waals surface area contributed by atoms with Crippen molar-refractivity contribution in [3.63, 3.8) is 0 Å². The Balaban J connectivity index is 2.93. The van der Waals surface area contributed by atoms with Crippen LogP contribution < -0.4 is 5.73 Å². The molecule has 1 rings (SSSR count). The maximum Gasteiger partial charge on any atom is 0.0624 e. The minimum absolute atomic E-state index is 0.311. The Morgan fingerprint density at radius 3 is 3.00 bits per heavy atom. The number of pyridine rings is 1. The third kappa shape index (κ3) is 1.91. The summed E-state index contributed by atoms with van der Waals surface area (Å²) in [5.74, 6) is 0.311. The molecule has 0 aromatic carbocycles. The standard InChI is InChI=1S/C8H11ClN2/c1-6(4-10)7-2-3-11-5-8(7)9/h2-3,5-6H,4,10H2,1H3. The molecule has 0 amide bonds. The van der Waals surface area contributed by atoms with E-state index in [1.165, 1.54) is 0 Å². The molecule has 0 bridgehead atoms. The summed E-state index contributed by atoms with van der Waals surface area (Å²) in [6, 6.07) is 1.90. The van der Waals surface area contributed by atoms with Gasteiger partial charge in [0.2, 0.25) is 0 Å². The van der Waals surface area contributed by atoms with Crippen molar-refractivity contribution in [2.45, 2.75) is 12.8 Å². The van der Waals surface area contributed by atoms with Gasteiger partial charge in [-0.15, -0.1) is 0 Å². The zero-order valence-electron chi connectivity index (χ0n) is 6.42. The highest BCUT2D eigenvalue weighted by molar-refractivity contribution is 6.31. The second kappa shape index (κ2) is 3.69. The molecule has 0 saturated carbocycles. The fourth-order valence-corrected chi connectivity index (χ4v) is 1.22. The third-order valence-electron chi connectivity index (χ3n) is 1.69. The van der Waals surface area contributed by atoms with Gasteiger partial charge in [-0.05, 0) is 24.1 Å². The minimum atomic E-state index is 0.311. The Kier molecular flexibility index (Phi) is 2.85. The van der Waals surface area contributed by atoms with Gasteiger partial charge >= 0.3 is 0 Å². The van der Waals surface area contributed by atoms with Crippen molar-refractivity contribution in [2.24, 2.45) is 5.73 Å². The molecule has 0 radical (unpaired) electrons. The number of halogens is 1. The van der Waals surface area contributed by atoms with Crippen molar-refractivity contribution < 1.29 is 0 Å². The van der Waals surface area contributed by atoms with Crippen LogP contribution in [0.15, 0.2) is 18.5 Å². The number of nitrogens with zero attached hydrogens (tertiary/aromatic N) is 1. The van der Waals surface area contributed by atoms with E-state index in [2.05, 4.69) is 4.98 Å². The van der Waals surface area contributed by atoms with Gasteiger partial charge < -0.3 is 5.73 Å². The van der Waals surface area contributed by atoms with Gasteiger partial charge in [0.05, 0.1) is 5.02 Å². The van der Waals surface area contributed by atoms with Crippen molar-refractivity contribution in [3.8, 4) is 0 Å². The number of aromatic nitrogens is 1. The maximum absolute atomic E-state index is 5.88. The lowest BCUT2D eigenvalue weighted by atomic mass is 10.0. The number of rotatable bonds is 2. The first-order chi connectivity index (χ1) is 5.25. The Labute approximate surface area is 71.4 Å². The van der Waals surface area contributed by atoms with Gasteiger partial charge in [-0.2, -0.15) is 0 Å². The minimum Gasteiger partial charge on any atom is -0.330 e. The Bertz CT molecular complexity index is 237. The molecule has 1 aromatic heterocycles. The first-order valence-electron chi connectivity index (χ1n) is 3.55. The molecule has 0 fully saturated rings. The fraction of sp³-hybridized carbons (Fsp3) is 0.375. The number of hydrogen-bond donors (Lipinski definition) is 1. The molecule has 60 valence electrons. The van der Waals surface area contributed by atoms with Crippen LogP contribution in [0.4, 0.5) is 0 Å². The van der Waals surface area contributed by atoms with Crippen LogP contribution in [0.3, 0.4) is 0 Å². The molecule has 0 saturated heterocycles. The number of hydrogen-bond acceptors (Lipinski definition) is 2. The highest BCUT2D eigenvalue weighted by Gasteiger charge is 2.06. The molecule has 1 heterocycles. The van der Waals surface area contributed by atoms with Crippen LogP contribution in [-0.4, -0.2) is 11.5 Å². The van der Waals surface area contributed by atoms with Gasteiger partial charge in [-0.3, -0.25) is 4.98 Å². The first-order valence-corrected chi connectivity index (χ1v) is 3.93. The summed E-state index contributed by atoms with van der Waals surface area (Å²) in [5, 5.41) is 0.699. The zero-order chi connectivity index (χ0) is 8.27. The quantitative estimate of drug-likeness (QED) is 0.735. The molecule has 2 nitrogen and oxygen atoms in total. The van der Waals surface area contributed by atoms with Gasteiger partial charge in [0, 0.05) is 12.4 Å². The molecule has 0 aliphatic carbocycles. The smallest absolute Gasteiger partial charge is 0.0624 e. The largest absolute Gasteiger partial charge is 0.330 e. The van der Waals surface area contributed by atoms with Gasteiger partial charge in [0.25, 0.3) is 0 Å². The van der Waals surface area contributed by atoms with E-state index in [-0.39, 0.29) is 0 Å². The van der Waals surface area contributed by atoms with Crippen molar-refractivity contribution in [1.29, 1.82) is 0 Å². The highest BCUT2D eigenvalue weighted by Crippen LogP contribution is 2.21. The molecule has 11 heavy (non-hydrogen) atoms. The second-order valence-electron chi connectivity index (χ2n) is 2.53. The van der Waals surface area contributed by atoms with E-state index in [0.29, 0.717) is 17.5 Å². The third-order valence-corrected chi connectivity index (χ3v) is 2.00. The average Bonchev–Trinajstić information content (AvgIpc) is 2.04. The molecule has 0 aliphatic heterocycles. The van der Waals surface area contributed by atoms with Crippen LogP contribution in [0.5, 0.6) is 0 Å². The number of nitrogens with two attached hydrogens (primary N) is 1. The molecule has 2 N–H and O–H groups in total. The van der Waals surface area contributed by atoms with Crippen LogP contribution >= 0.6 is 11.6 Å². The van der Waals surface area contributed by atoms with Gasteiger partial charge in [0.15, 0.2) is 0 Å². The van der Waals surface area contributed by atoms with E-state index >= 15 is 0 Å². The molecule has 0 aliphatic rings. The molecule has 1 aromatic rings. The second-order valence-corrected chi connectivity index (χ2v) is 2.94. The van der Waals surface area contributed by atoms with Crippen LogP contribution in [0, 0.1) is 0 Å². The van der Waals surface area contributed by atoms with E-state index in [1.54, 1.807) is 12.4 Å². The fourth-order valence-electron chi connectivity index (χ4n) is 0.913. The maximum atomic E-state index is 5.88. The highest BCUT2D eigenvalue weighted by atomic mass is 35.5. The summed E-state index contributed by atoms with van der Waals surface area (Å²) in [7, 11) is 0. The lowest BCUT2D eigenvalue weighted by Gasteiger charge is -2.09. The van der Waals surface area contributed by atoms with E-state index in [0.717, 1.165) is 5.56 Å². The first kappa shape index (κ1) is 8.50. The summed E-state index contributed by atoms with van der Waals surface area (Å²) in [5.41, 5.74) is 6.57. The predicted octanol–water partition coefficient (Wildman–Crippen LogP) is 1.80. The average molecular weight is 171 g/mol. The van der Waals surface area contributed by atoms with Crippen molar-refractivity contribution in [1.82, 2.24) is 4.98 Å². The molecule has 1 atom stereocenters. The molecular weight excluding hydrogens is 160 g/mol. The summed E-state index contributed by atoms with van der Waals surface area (Å²) < 4.78 is 0. The summed E-state index contributed by atoms with van der Waals surface area (Å²) in [6.45, 7) is 2.66. The normalized spacial score (nSPS) is 13.0. The van der Waals surface area contributed by atoms with Crippen LogP contribution in [0.25, 0.3) is 0 Å². The van der Waals surface area contributed by atoms with Crippen LogP contribution in [0.1, 0.15) is 18.4 Å². The van der Waals surface area contributed by atoms with Crippen molar-refractivity contribution in [2.75, 3.05) is 6.54 Å². The van der Waals surface area contributed by atoms with Crippen LogP contribution in [0.2, 0.25) is 5.02 Å². The van der Waals surface area contributed by atoms with Gasteiger partial charge in [-0.1, -0.05) is 18.5 Å². The topological polar surface area (TPSA) is 38.9 Å². The monoisotopic (exact) mass is 170 g/mol. The predicted molar refractivity (Wildman–Crippen MR) is 46.7 cm³/mol. The molecule has 3 heteroatoms. The van der Waals surface area contributed by atoms with E-state index in [4.69, 9.17) is 17.3 Å². The molecule has 1 unspecified atom stereocenters. The Hall–Kier alpha value is -0.600. The summed E-state index contributed by atoms with van der Waals surface area (Å²) in [4.78, 5) is 3.89. The lowest BCUT2D eigenvalue weighted by Crippen LogP contribution is -2.09. The lowest BCUT2D eigenvalue weighted by molar-refractivity contribution is 0.772. The zero-order valence-corrected chi connectivity index (χ0v) is 7.17.